The van der Waals surface area contributed by atoms with Gasteiger partial charge in [0.05, 0.1) is 12.8 Å². The Morgan fingerprint density at radius 2 is 1.96 bits per heavy atom. The topological polar surface area (TPSA) is 71.0 Å². The fourth-order valence-corrected chi connectivity index (χ4v) is 2.78. The van der Waals surface area contributed by atoms with Crippen molar-refractivity contribution < 1.29 is 19.4 Å². The van der Waals surface area contributed by atoms with Gasteiger partial charge in [-0.2, -0.15) is 0 Å². The van der Waals surface area contributed by atoms with Crippen molar-refractivity contribution in [1.29, 1.82) is 0 Å². The Labute approximate surface area is 147 Å². The van der Waals surface area contributed by atoms with Gasteiger partial charge < -0.3 is 19.9 Å². The molecule has 3 rings (SSSR count). The standard InChI is InChI=1S/C19H22N2O4/c1-24-15-11-9-14(10-12-15)6-4-5-13-20-18(22)21-16-7-2-3-8-17(16)25-19(21)23/h2-3,7-12,19,23H,4-6,13H2,1H3,(H,20,22). The van der Waals surface area contributed by atoms with Crippen LogP contribution in [0.4, 0.5) is 10.5 Å². The molecule has 0 saturated heterocycles. The number of nitrogens with zero attached hydrogens (tertiary/aromatic N) is 1. The monoisotopic (exact) mass is 342 g/mol. The number of amides is 2. The second kappa shape index (κ2) is 7.90. The van der Waals surface area contributed by atoms with Gasteiger partial charge in [-0.3, -0.25) is 0 Å². The van der Waals surface area contributed by atoms with Crippen molar-refractivity contribution in [3.63, 3.8) is 0 Å². The van der Waals surface area contributed by atoms with E-state index in [2.05, 4.69) is 5.32 Å². The molecule has 25 heavy (non-hydrogen) atoms. The molecule has 132 valence electrons. The van der Waals surface area contributed by atoms with Crippen LogP contribution >= 0.6 is 0 Å². The van der Waals surface area contributed by atoms with E-state index < -0.39 is 6.41 Å². The molecule has 0 saturated carbocycles. The van der Waals surface area contributed by atoms with Gasteiger partial charge in [-0.05, 0) is 49.1 Å². The van der Waals surface area contributed by atoms with Gasteiger partial charge in [0.2, 0.25) is 0 Å². The minimum absolute atomic E-state index is 0.359. The van der Waals surface area contributed by atoms with Crippen LogP contribution in [0.5, 0.6) is 11.5 Å². The number of anilines is 1. The Morgan fingerprint density at radius 3 is 2.72 bits per heavy atom. The van der Waals surface area contributed by atoms with Gasteiger partial charge in [0.25, 0.3) is 6.41 Å². The van der Waals surface area contributed by atoms with Crippen LogP contribution in [0.3, 0.4) is 0 Å². The summed E-state index contributed by atoms with van der Waals surface area (Å²) in [6.07, 6.45) is 1.47. The predicted octanol–water partition coefficient (Wildman–Crippen LogP) is 2.90. The number of hydrogen-bond donors (Lipinski definition) is 2. The molecule has 0 aromatic heterocycles. The van der Waals surface area contributed by atoms with Gasteiger partial charge in [-0.25, -0.2) is 9.69 Å². The Balaban J connectivity index is 1.42. The smallest absolute Gasteiger partial charge is 0.326 e. The number of aliphatic hydroxyl groups is 1. The third-order valence-electron chi connectivity index (χ3n) is 4.12. The minimum Gasteiger partial charge on any atom is -0.497 e. The van der Waals surface area contributed by atoms with Gasteiger partial charge >= 0.3 is 6.03 Å². The normalized spacial score (nSPS) is 15.4. The largest absolute Gasteiger partial charge is 0.497 e. The van der Waals surface area contributed by atoms with Crippen LogP contribution in [0, 0.1) is 0 Å². The van der Waals surface area contributed by atoms with Gasteiger partial charge in [0.1, 0.15) is 11.5 Å². The number of aryl methyl sites for hydroxylation is 1. The van der Waals surface area contributed by atoms with Crippen molar-refractivity contribution in [1.82, 2.24) is 5.32 Å². The molecule has 0 spiro atoms. The highest BCUT2D eigenvalue weighted by Gasteiger charge is 2.33. The first-order valence-electron chi connectivity index (χ1n) is 8.33. The van der Waals surface area contributed by atoms with E-state index >= 15 is 0 Å². The summed E-state index contributed by atoms with van der Waals surface area (Å²) in [4.78, 5) is 13.5. The summed E-state index contributed by atoms with van der Waals surface area (Å²) in [6, 6.07) is 14.7. The Morgan fingerprint density at radius 1 is 1.20 bits per heavy atom. The molecule has 1 unspecified atom stereocenters. The molecule has 6 heteroatoms. The van der Waals surface area contributed by atoms with Gasteiger partial charge in [0.15, 0.2) is 0 Å². The molecule has 0 fully saturated rings. The summed E-state index contributed by atoms with van der Waals surface area (Å²) in [6.45, 7) is 0.542. The van der Waals surface area contributed by atoms with Gasteiger partial charge in [-0.1, -0.05) is 24.3 Å². The van der Waals surface area contributed by atoms with Gasteiger partial charge in [-0.15, -0.1) is 0 Å². The summed E-state index contributed by atoms with van der Waals surface area (Å²) >= 11 is 0. The number of nitrogens with one attached hydrogen (secondary N) is 1. The van der Waals surface area contributed by atoms with E-state index in [-0.39, 0.29) is 6.03 Å². The molecule has 1 aliphatic heterocycles. The van der Waals surface area contributed by atoms with E-state index in [4.69, 9.17) is 9.47 Å². The Kier molecular flexibility index (Phi) is 5.40. The number of methoxy groups -OCH3 is 1. The molecule has 6 nitrogen and oxygen atoms in total. The summed E-state index contributed by atoms with van der Waals surface area (Å²) in [5.74, 6) is 1.35. The highest BCUT2D eigenvalue weighted by molar-refractivity contribution is 5.94. The van der Waals surface area contributed by atoms with Crippen molar-refractivity contribution >= 4 is 11.7 Å². The lowest BCUT2D eigenvalue weighted by atomic mass is 10.1. The molecule has 2 amide bonds. The third-order valence-corrected chi connectivity index (χ3v) is 4.12. The molecule has 2 aromatic rings. The zero-order valence-electron chi connectivity index (χ0n) is 14.1. The number of benzene rings is 2. The number of aliphatic hydroxyl groups excluding tert-OH is 1. The summed E-state index contributed by atoms with van der Waals surface area (Å²) < 4.78 is 10.4. The van der Waals surface area contributed by atoms with Crippen molar-refractivity contribution in [3.05, 3.63) is 54.1 Å². The first kappa shape index (κ1) is 17.1. The van der Waals surface area contributed by atoms with Crippen LogP contribution in [-0.4, -0.2) is 31.2 Å². The van der Waals surface area contributed by atoms with Crippen molar-refractivity contribution in [2.45, 2.75) is 25.7 Å². The molecular formula is C19H22N2O4. The van der Waals surface area contributed by atoms with Crippen molar-refractivity contribution in [2.24, 2.45) is 0 Å². The number of hydrogen-bond acceptors (Lipinski definition) is 4. The summed E-state index contributed by atoms with van der Waals surface area (Å²) in [5.41, 5.74) is 1.81. The second-order valence-electron chi connectivity index (χ2n) is 5.82. The lowest BCUT2D eigenvalue weighted by Crippen LogP contribution is -2.46. The molecule has 2 aromatic carbocycles. The van der Waals surface area contributed by atoms with Crippen molar-refractivity contribution in [2.75, 3.05) is 18.6 Å². The molecule has 1 atom stereocenters. The number of fused-ring (bicyclic) bond motifs is 1. The number of carbonyl (C=O) groups is 1. The van der Waals surface area contributed by atoms with Gasteiger partial charge in [0, 0.05) is 6.54 Å². The molecule has 1 aliphatic rings. The lowest BCUT2D eigenvalue weighted by molar-refractivity contribution is 0.00321. The van der Waals surface area contributed by atoms with E-state index in [1.165, 1.54) is 10.5 Å². The fraction of sp³-hybridized carbons (Fsp3) is 0.316. The number of ether oxygens (including phenoxy) is 2. The van der Waals surface area contributed by atoms with E-state index in [1.54, 1.807) is 31.4 Å². The van der Waals surface area contributed by atoms with E-state index in [0.29, 0.717) is 18.0 Å². The average molecular weight is 342 g/mol. The van der Waals surface area contributed by atoms with Crippen LogP contribution in [0.2, 0.25) is 0 Å². The zero-order valence-corrected chi connectivity index (χ0v) is 14.1. The minimum atomic E-state index is -1.28. The van der Waals surface area contributed by atoms with Crippen LogP contribution in [0.25, 0.3) is 0 Å². The van der Waals surface area contributed by atoms with E-state index in [9.17, 15) is 9.90 Å². The molecule has 0 aliphatic carbocycles. The number of para-hydroxylation sites is 2. The van der Waals surface area contributed by atoms with Crippen LogP contribution in [0.15, 0.2) is 48.5 Å². The Bertz CT molecular complexity index is 718. The van der Waals surface area contributed by atoms with Crippen molar-refractivity contribution in [3.8, 4) is 11.5 Å². The highest BCUT2D eigenvalue weighted by atomic mass is 16.6. The average Bonchev–Trinajstić information content (AvgIpc) is 2.97. The number of urea groups is 1. The predicted molar refractivity (Wildman–Crippen MR) is 94.9 cm³/mol. The lowest BCUT2D eigenvalue weighted by Gasteiger charge is -2.19. The van der Waals surface area contributed by atoms with E-state index in [0.717, 1.165) is 25.0 Å². The summed E-state index contributed by atoms with van der Waals surface area (Å²) in [7, 11) is 1.65. The third kappa shape index (κ3) is 4.03. The molecule has 0 bridgehead atoms. The maximum Gasteiger partial charge on any atom is 0.326 e. The molecule has 1 heterocycles. The number of rotatable bonds is 6. The molecule has 0 radical (unpaired) electrons. The van der Waals surface area contributed by atoms with E-state index in [1.807, 2.05) is 24.3 Å². The molecular weight excluding hydrogens is 320 g/mol. The molecule has 2 N–H and O–H groups in total. The maximum atomic E-state index is 12.3. The number of unbranched alkanes of at least 4 members (excludes halogenated alkanes) is 1. The highest BCUT2D eigenvalue weighted by Crippen LogP contribution is 2.35. The first-order chi connectivity index (χ1) is 12.2. The first-order valence-corrected chi connectivity index (χ1v) is 8.33. The fourth-order valence-electron chi connectivity index (χ4n) is 2.78. The number of carbonyl (C=O) groups excluding carboxylic acids is 1. The SMILES string of the molecule is COc1ccc(CCCCNC(=O)N2c3ccccc3OC2O)cc1. The Hall–Kier alpha value is -2.73. The summed E-state index contributed by atoms with van der Waals surface area (Å²) in [5, 5.41) is 12.7. The zero-order chi connectivity index (χ0) is 17.6. The van der Waals surface area contributed by atoms with Crippen LogP contribution < -0.4 is 19.7 Å². The van der Waals surface area contributed by atoms with Crippen LogP contribution in [0.1, 0.15) is 18.4 Å². The second-order valence-corrected chi connectivity index (χ2v) is 5.82. The quantitative estimate of drug-likeness (QED) is 0.792. The van der Waals surface area contributed by atoms with Crippen LogP contribution in [-0.2, 0) is 6.42 Å². The maximum absolute atomic E-state index is 12.3.